The van der Waals surface area contributed by atoms with E-state index in [1.165, 1.54) is 6.07 Å². The summed E-state index contributed by atoms with van der Waals surface area (Å²) in [7, 11) is 0. The van der Waals surface area contributed by atoms with E-state index >= 15 is 0 Å². The summed E-state index contributed by atoms with van der Waals surface area (Å²) < 4.78 is 0.868. The number of hydrogen-bond donors (Lipinski definition) is 3. The van der Waals surface area contributed by atoms with E-state index < -0.39 is 0 Å². The topological polar surface area (TPSA) is 77.2 Å². The number of fused-ring (bicyclic) bond motifs is 1. The molecule has 3 rings (SSSR count). The molecule has 0 unspecified atom stereocenters. The first-order valence-corrected chi connectivity index (χ1v) is 8.46. The summed E-state index contributed by atoms with van der Waals surface area (Å²) in [6.07, 6.45) is 0. The minimum absolute atomic E-state index is 0. The Kier molecular flexibility index (Phi) is 6.79. The van der Waals surface area contributed by atoms with E-state index in [0.717, 1.165) is 42.6 Å². The van der Waals surface area contributed by atoms with Crippen LogP contribution in [0.2, 0.25) is 0 Å². The van der Waals surface area contributed by atoms with Crippen LogP contribution < -0.4 is 16.2 Å². The van der Waals surface area contributed by atoms with Gasteiger partial charge in [0.25, 0.3) is 5.91 Å². The van der Waals surface area contributed by atoms with Crippen molar-refractivity contribution < 1.29 is 4.79 Å². The molecule has 0 bridgehead atoms. The largest absolute Gasteiger partial charge is 0.351 e. The summed E-state index contributed by atoms with van der Waals surface area (Å²) in [6.45, 7) is 5.36. The van der Waals surface area contributed by atoms with E-state index in [1.807, 2.05) is 12.1 Å². The molecule has 1 aromatic carbocycles. The Hall–Kier alpha value is -1.41. The number of rotatable bonds is 4. The highest BCUT2D eigenvalue weighted by atomic mass is 79.9. The van der Waals surface area contributed by atoms with Crippen LogP contribution in [0.25, 0.3) is 10.9 Å². The van der Waals surface area contributed by atoms with Gasteiger partial charge in [-0.1, -0.05) is 15.9 Å². The van der Waals surface area contributed by atoms with E-state index in [0.29, 0.717) is 17.6 Å². The Morgan fingerprint density at radius 2 is 2.00 bits per heavy atom. The van der Waals surface area contributed by atoms with Crippen molar-refractivity contribution in [3.8, 4) is 0 Å². The molecule has 1 aliphatic heterocycles. The lowest BCUT2D eigenvalue weighted by Gasteiger charge is -2.27. The summed E-state index contributed by atoms with van der Waals surface area (Å²) in [5, 5.41) is 6.95. The number of carbonyl (C=O) groups excluding carboxylic acids is 1. The minimum atomic E-state index is -0.271. The van der Waals surface area contributed by atoms with Gasteiger partial charge in [0.05, 0.1) is 5.56 Å². The summed E-state index contributed by atoms with van der Waals surface area (Å²) in [6, 6.07) is 6.83. The minimum Gasteiger partial charge on any atom is -0.351 e. The van der Waals surface area contributed by atoms with Crippen molar-refractivity contribution >= 4 is 45.1 Å². The number of benzene rings is 1. The smallest absolute Gasteiger partial charge is 0.252 e. The van der Waals surface area contributed by atoms with Gasteiger partial charge in [0, 0.05) is 60.7 Å². The molecule has 0 radical (unpaired) electrons. The Morgan fingerprint density at radius 1 is 1.25 bits per heavy atom. The number of aromatic nitrogens is 1. The molecular formula is C16H20BrClN4O2. The number of pyridine rings is 1. The van der Waals surface area contributed by atoms with Crippen molar-refractivity contribution in [2.75, 3.05) is 39.3 Å². The number of nitrogens with zero attached hydrogens (tertiary/aromatic N) is 1. The highest BCUT2D eigenvalue weighted by molar-refractivity contribution is 9.10. The fraction of sp³-hybridized carbons (Fsp3) is 0.375. The van der Waals surface area contributed by atoms with Crippen molar-refractivity contribution in [2.24, 2.45) is 0 Å². The zero-order valence-corrected chi connectivity index (χ0v) is 15.5. The molecule has 1 saturated heterocycles. The van der Waals surface area contributed by atoms with E-state index in [2.05, 4.69) is 36.4 Å². The van der Waals surface area contributed by atoms with Crippen LogP contribution in [-0.2, 0) is 0 Å². The van der Waals surface area contributed by atoms with Gasteiger partial charge >= 0.3 is 0 Å². The third-order valence-electron chi connectivity index (χ3n) is 3.97. The highest BCUT2D eigenvalue weighted by Gasteiger charge is 2.13. The Balaban J connectivity index is 0.00000208. The molecule has 1 aliphatic rings. The molecule has 6 nitrogen and oxygen atoms in total. The first-order valence-electron chi connectivity index (χ1n) is 7.67. The molecule has 130 valence electrons. The lowest BCUT2D eigenvalue weighted by atomic mass is 10.1. The van der Waals surface area contributed by atoms with Crippen LogP contribution in [0.4, 0.5) is 0 Å². The number of carbonyl (C=O) groups is 1. The SMILES string of the molecule is Cl.O=C(NCCN1CCNCC1)c1cc(=O)[nH]c2ccc(Br)cc12. The van der Waals surface area contributed by atoms with Gasteiger partial charge in [0.2, 0.25) is 5.56 Å². The van der Waals surface area contributed by atoms with Gasteiger partial charge in [0.1, 0.15) is 0 Å². The molecular weight excluding hydrogens is 396 g/mol. The van der Waals surface area contributed by atoms with Crippen molar-refractivity contribution in [1.29, 1.82) is 0 Å². The third-order valence-corrected chi connectivity index (χ3v) is 4.47. The number of hydrogen-bond acceptors (Lipinski definition) is 4. The van der Waals surface area contributed by atoms with E-state index in [1.54, 1.807) is 6.07 Å². The Labute approximate surface area is 154 Å². The first kappa shape index (κ1) is 18.9. The zero-order chi connectivity index (χ0) is 16.2. The molecule has 24 heavy (non-hydrogen) atoms. The summed E-state index contributed by atoms with van der Waals surface area (Å²) >= 11 is 3.40. The predicted octanol–water partition coefficient (Wildman–Crippen LogP) is 1.35. The molecule has 0 saturated carbocycles. The van der Waals surface area contributed by atoms with Gasteiger partial charge in [0.15, 0.2) is 0 Å². The van der Waals surface area contributed by atoms with Crippen LogP contribution in [0, 0.1) is 0 Å². The monoisotopic (exact) mass is 414 g/mol. The summed E-state index contributed by atoms with van der Waals surface area (Å²) in [4.78, 5) is 29.3. The van der Waals surface area contributed by atoms with Crippen LogP contribution >= 0.6 is 28.3 Å². The van der Waals surface area contributed by atoms with Crippen LogP contribution in [0.15, 0.2) is 33.5 Å². The maximum Gasteiger partial charge on any atom is 0.252 e. The number of piperazine rings is 1. The summed E-state index contributed by atoms with van der Waals surface area (Å²) in [5.74, 6) is -0.214. The number of halogens is 2. The van der Waals surface area contributed by atoms with Gasteiger partial charge in [-0.15, -0.1) is 12.4 Å². The second-order valence-corrected chi connectivity index (χ2v) is 6.50. The fourth-order valence-corrected chi connectivity index (χ4v) is 3.13. The second kappa shape index (κ2) is 8.62. The average Bonchev–Trinajstić information content (AvgIpc) is 2.55. The van der Waals surface area contributed by atoms with Gasteiger partial charge in [-0.3, -0.25) is 14.5 Å². The van der Waals surface area contributed by atoms with Gasteiger partial charge < -0.3 is 15.6 Å². The van der Waals surface area contributed by atoms with Crippen LogP contribution in [0.5, 0.6) is 0 Å². The molecule has 2 aromatic rings. The maximum atomic E-state index is 12.5. The Morgan fingerprint density at radius 3 is 2.75 bits per heavy atom. The lowest BCUT2D eigenvalue weighted by Crippen LogP contribution is -2.46. The number of nitrogens with one attached hydrogen (secondary N) is 3. The molecule has 3 N–H and O–H groups in total. The molecule has 0 aliphatic carbocycles. The summed E-state index contributed by atoms with van der Waals surface area (Å²) in [5.41, 5.74) is 0.797. The number of aromatic amines is 1. The molecule has 1 aromatic heterocycles. The van der Waals surface area contributed by atoms with Crippen molar-refractivity contribution in [3.63, 3.8) is 0 Å². The molecule has 0 atom stereocenters. The zero-order valence-electron chi connectivity index (χ0n) is 13.1. The number of amides is 1. The van der Waals surface area contributed by atoms with Gasteiger partial charge in [-0.2, -0.15) is 0 Å². The Bertz CT molecular complexity index is 774. The van der Waals surface area contributed by atoms with Crippen molar-refractivity contribution in [3.05, 3.63) is 44.7 Å². The molecule has 2 heterocycles. The van der Waals surface area contributed by atoms with Crippen LogP contribution in [-0.4, -0.2) is 55.1 Å². The standard InChI is InChI=1S/C16H19BrN4O2.ClH/c17-11-1-2-14-12(9-11)13(10-15(22)20-14)16(23)19-5-8-21-6-3-18-4-7-21;/h1-2,9-10,18H,3-8H2,(H,19,23)(H,20,22);1H. The van der Waals surface area contributed by atoms with E-state index in [4.69, 9.17) is 0 Å². The van der Waals surface area contributed by atoms with Crippen LogP contribution in [0.3, 0.4) is 0 Å². The van der Waals surface area contributed by atoms with Gasteiger partial charge in [-0.25, -0.2) is 0 Å². The average molecular weight is 416 g/mol. The third kappa shape index (κ3) is 4.57. The van der Waals surface area contributed by atoms with E-state index in [-0.39, 0.29) is 23.9 Å². The molecule has 0 spiro atoms. The predicted molar refractivity (Wildman–Crippen MR) is 101 cm³/mol. The highest BCUT2D eigenvalue weighted by Crippen LogP contribution is 2.20. The normalized spacial score (nSPS) is 15.0. The molecule has 1 fully saturated rings. The fourth-order valence-electron chi connectivity index (χ4n) is 2.77. The van der Waals surface area contributed by atoms with E-state index in [9.17, 15) is 9.59 Å². The van der Waals surface area contributed by atoms with Crippen molar-refractivity contribution in [2.45, 2.75) is 0 Å². The van der Waals surface area contributed by atoms with Gasteiger partial charge in [-0.05, 0) is 18.2 Å². The van der Waals surface area contributed by atoms with Crippen molar-refractivity contribution in [1.82, 2.24) is 20.5 Å². The first-order chi connectivity index (χ1) is 11.1. The molecule has 8 heteroatoms. The quantitative estimate of drug-likeness (QED) is 0.704. The maximum absolute atomic E-state index is 12.5. The molecule has 1 amide bonds. The second-order valence-electron chi connectivity index (χ2n) is 5.58. The van der Waals surface area contributed by atoms with Crippen LogP contribution in [0.1, 0.15) is 10.4 Å². The number of H-pyrrole nitrogens is 1. The lowest BCUT2D eigenvalue weighted by molar-refractivity contribution is 0.0948.